The maximum atomic E-state index is 12.2. The van der Waals surface area contributed by atoms with Gasteiger partial charge in [-0.2, -0.15) is 0 Å². The van der Waals surface area contributed by atoms with Crippen molar-refractivity contribution in [2.24, 2.45) is 0 Å². The minimum Gasteiger partial charge on any atom is -0.497 e. The zero-order chi connectivity index (χ0) is 15.7. The molecule has 0 radical (unpaired) electrons. The summed E-state index contributed by atoms with van der Waals surface area (Å²) in [6.45, 7) is 1.06. The van der Waals surface area contributed by atoms with E-state index < -0.39 is 0 Å². The van der Waals surface area contributed by atoms with E-state index in [1.54, 1.807) is 19.1 Å². The molecule has 3 rings (SSSR count). The van der Waals surface area contributed by atoms with Gasteiger partial charge in [-0.25, -0.2) is 9.97 Å². The molecule has 0 unspecified atom stereocenters. The quantitative estimate of drug-likeness (QED) is 0.812. The van der Waals surface area contributed by atoms with Crippen LogP contribution in [0.1, 0.15) is 15.9 Å². The van der Waals surface area contributed by atoms with E-state index in [4.69, 9.17) is 16.3 Å². The molecule has 114 valence electrons. The molecule has 1 aromatic heterocycles. The summed E-state index contributed by atoms with van der Waals surface area (Å²) >= 11 is 6.07. The molecule has 1 aromatic carbocycles. The Hall–Kier alpha value is -2.34. The minimum atomic E-state index is -0.161. The molecule has 7 heteroatoms. The van der Waals surface area contributed by atoms with E-state index in [0.29, 0.717) is 24.6 Å². The van der Waals surface area contributed by atoms with Crippen molar-refractivity contribution >= 4 is 23.3 Å². The lowest BCUT2D eigenvalue weighted by atomic mass is 10.1. The maximum absolute atomic E-state index is 12.2. The second-order valence-corrected chi connectivity index (χ2v) is 5.41. The molecular formula is C15H15ClN4O2. The number of carbonyl (C=O) groups excluding carboxylic acids is 1. The molecule has 1 amide bonds. The average molecular weight is 319 g/mol. The van der Waals surface area contributed by atoms with E-state index in [2.05, 4.69) is 9.97 Å². The van der Waals surface area contributed by atoms with E-state index in [1.165, 1.54) is 6.33 Å². The molecule has 0 saturated heterocycles. The highest BCUT2D eigenvalue weighted by Crippen LogP contribution is 2.29. The smallest absolute Gasteiger partial charge is 0.261 e. The van der Waals surface area contributed by atoms with E-state index in [0.717, 1.165) is 11.3 Å². The first kappa shape index (κ1) is 14.6. The molecule has 0 atom stereocenters. The van der Waals surface area contributed by atoms with Crippen LogP contribution in [0.25, 0.3) is 0 Å². The van der Waals surface area contributed by atoms with Gasteiger partial charge < -0.3 is 14.5 Å². The van der Waals surface area contributed by atoms with Crippen LogP contribution >= 0.6 is 11.6 Å². The number of carbonyl (C=O) groups is 1. The zero-order valence-corrected chi connectivity index (χ0v) is 13.0. The molecule has 1 aliphatic rings. The standard InChI is InChI=1S/C15H15ClN4O2/c1-19-9-20(7-10-3-5-11(22-2)6-4-10)14-12(15(19)21)13(16)17-8-18-14/h3-6,8H,7,9H2,1-2H3. The van der Waals surface area contributed by atoms with Gasteiger partial charge in [-0.1, -0.05) is 23.7 Å². The number of nitrogens with zero attached hydrogens (tertiary/aromatic N) is 4. The van der Waals surface area contributed by atoms with Gasteiger partial charge in [0.25, 0.3) is 5.91 Å². The molecule has 0 N–H and O–H groups in total. The predicted octanol–water partition coefficient (Wildman–Crippen LogP) is 2.19. The van der Waals surface area contributed by atoms with Crippen LogP contribution in [-0.4, -0.2) is 41.6 Å². The monoisotopic (exact) mass is 318 g/mol. The second kappa shape index (κ2) is 5.81. The molecule has 22 heavy (non-hydrogen) atoms. The number of ether oxygens (including phenoxy) is 1. The normalized spacial score (nSPS) is 14.0. The molecule has 2 heterocycles. The van der Waals surface area contributed by atoms with Crippen LogP contribution in [0.15, 0.2) is 30.6 Å². The fraction of sp³-hybridized carbons (Fsp3) is 0.267. The Labute approximate surface area is 133 Å². The Bertz CT molecular complexity index is 705. The predicted molar refractivity (Wildman–Crippen MR) is 83.2 cm³/mol. The van der Waals surface area contributed by atoms with Crippen molar-refractivity contribution in [2.45, 2.75) is 6.54 Å². The number of benzene rings is 1. The number of aromatic nitrogens is 2. The number of rotatable bonds is 3. The first-order chi connectivity index (χ1) is 10.6. The summed E-state index contributed by atoms with van der Waals surface area (Å²) in [6, 6.07) is 7.78. The van der Waals surface area contributed by atoms with Gasteiger partial charge in [-0.05, 0) is 17.7 Å². The summed E-state index contributed by atoms with van der Waals surface area (Å²) < 4.78 is 5.16. The largest absolute Gasteiger partial charge is 0.497 e. The molecule has 0 spiro atoms. The van der Waals surface area contributed by atoms with Gasteiger partial charge in [0.2, 0.25) is 0 Å². The summed E-state index contributed by atoms with van der Waals surface area (Å²) in [4.78, 5) is 24.0. The van der Waals surface area contributed by atoms with Gasteiger partial charge in [0.05, 0.1) is 13.8 Å². The Morgan fingerprint density at radius 3 is 2.68 bits per heavy atom. The topological polar surface area (TPSA) is 58.6 Å². The Kier molecular flexibility index (Phi) is 3.85. The molecule has 0 bridgehead atoms. The third-order valence-corrected chi connectivity index (χ3v) is 3.84. The molecule has 0 saturated carbocycles. The number of fused-ring (bicyclic) bond motifs is 1. The molecule has 0 aliphatic carbocycles. The molecular weight excluding hydrogens is 304 g/mol. The van der Waals surface area contributed by atoms with Crippen molar-refractivity contribution in [1.29, 1.82) is 0 Å². The van der Waals surface area contributed by atoms with E-state index in [-0.39, 0.29) is 11.1 Å². The van der Waals surface area contributed by atoms with Crippen molar-refractivity contribution in [2.75, 3.05) is 25.7 Å². The molecule has 2 aromatic rings. The number of hydrogen-bond donors (Lipinski definition) is 0. The van der Waals surface area contributed by atoms with Crippen LogP contribution in [0.4, 0.5) is 5.82 Å². The average Bonchev–Trinajstić information content (AvgIpc) is 2.53. The fourth-order valence-electron chi connectivity index (χ4n) is 2.43. The van der Waals surface area contributed by atoms with Crippen molar-refractivity contribution in [1.82, 2.24) is 14.9 Å². The Morgan fingerprint density at radius 1 is 1.27 bits per heavy atom. The van der Waals surface area contributed by atoms with Gasteiger partial charge >= 0.3 is 0 Å². The number of methoxy groups -OCH3 is 1. The highest BCUT2D eigenvalue weighted by molar-refractivity contribution is 6.33. The molecule has 1 aliphatic heterocycles. The number of hydrogen-bond acceptors (Lipinski definition) is 5. The van der Waals surface area contributed by atoms with E-state index in [1.807, 2.05) is 29.2 Å². The molecule has 6 nitrogen and oxygen atoms in total. The summed E-state index contributed by atoms with van der Waals surface area (Å²) in [6.07, 6.45) is 1.38. The summed E-state index contributed by atoms with van der Waals surface area (Å²) in [5, 5.41) is 0.182. The third kappa shape index (κ3) is 2.57. The van der Waals surface area contributed by atoms with Crippen LogP contribution in [0, 0.1) is 0 Å². The maximum Gasteiger partial charge on any atom is 0.261 e. The van der Waals surface area contributed by atoms with Crippen LogP contribution in [-0.2, 0) is 6.54 Å². The van der Waals surface area contributed by atoms with Crippen LogP contribution < -0.4 is 9.64 Å². The highest BCUT2D eigenvalue weighted by Gasteiger charge is 2.31. The van der Waals surface area contributed by atoms with Crippen LogP contribution in [0.3, 0.4) is 0 Å². The number of amides is 1. The highest BCUT2D eigenvalue weighted by atomic mass is 35.5. The molecule has 0 fully saturated rings. The van der Waals surface area contributed by atoms with Gasteiger partial charge in [0.15, 0.2) is 0 Å². The van der Waals surface area contributed by atoms with Gasteiger partial charge in [-0.15, -0.1) is 0 Å². The van der Waals surface area contributed by atoms with Crippen molar-refractivity contribution in [3.63, 3.8) is 0 Å². The number of anilines is 1. The summed E-state index contributed by atoms with van der Waals surface area (Å²) in [5.74, 6) is 1.21. The van der Waals surface area contributed by atoms with Crippen molar-refractivity contribution in [3.8, 4) is 5.75 Å². The van der Waals surface area contributed by atoms with Gasteiger partial charge in [-0.3, -0.25) is 4.79 Å². The zero-order valence-electron chi connectivity index (χ0n) is 12.3. The van der Waals surface area contributed by atoms with Crippen molar-refractivity contribution < 1.29 is 9.53 Å². The first-order valence-electron chi connectivity index (χ1n) is 6.74. The van der Waals surface area contributed by atoms with Crippen molar-refractivity contribution in [3.05, 3.63) is 46.9 Å². The first-order valence-corrected chi connectivity index (χ1v) is 7.12. The van der Waals surface area contributed by atoms with Crippen LogP contribution in [0.2, 0.25) is 5.15 Å². The Balaban J connectivity index is 1.93. The second-order valence-electron chi connectivity index (χ2n) is 5.05. The van der Waals surface area contributed by atoms with E-state index >= 15 is 0 Å². The number of halogens is 1. The lowest BCUT2D eigenvalue weighted by molar-refractivity contribution is 0.0780. The van der Waals surface area contributed by atoms with E-state index in [9.17, 15) is 4.79 Å². The van der Waals surface area contributed by atoms with Gasteiger partial charge in [0.1, 0.15) is 28.6 Å². The fourth-order valence-corrected chi connectivity index (χ4v) is 2.64. The van der Waals surface area contributed by atoms with Gasteiger partial charge in [0, 0.05) is 13.6 Å². The third-order valence-electron chi connectivity index (χ3n) is 3.56. The van der Waals surface area contributed by atoms with Crippen LogP contribution in [0.5, 0.6) is 5.75 Å². The summed E-state index contributed by atoms with van der Waals surface area (Å²) in [7, 11) is 3.37. The lowest BCUT2D eigenvalue weighted by Crippen LogP contribution is -2.45. The lowest BCUT2D eigenvalue weighted by Gasteiger charge is -2.35. The SMILES string of the molecule is COc1ccc(CN2CN(C)C(=O)c3c(Cl)ncnc32)cc1. The minimum absolute atomic E-state index is 0.161. The summed E-state index contributed by atoms with van der Waals surface area (Å²) in [5.41, 5.74) is 1.44. The Morgan fingerprint density at radius 2 is 2.00 bits per heavy atom.